The maximum Gasteiger partial charge on any atom is 0.0984 e. The quantitative estimate of drug-likeness (QED) is 0.678. The number of nitrogens with zero attached hydrogens (tertiary/aromatic N) is 1. The van der Waals surface area contributed by atoms with Gasteiger partial charge in [0.2, 0.25) is 0 Å². The molecule has 2 aliphatic heterocycles. The summed E-state index contributed by atoms with van der Waals surface area (Å²) in [6.07, 6.45) is 0.868. The first kappa shape index (κ1) is 9.19. The molecule has 2 atom stereocenters. The van der Waals surface area contributed by atoms with E-state index in [1.165, 1.54) is 5.69 Å². The molecule has 1 aromatic carbocycles. The number of anilines is 1. The van der Waals surface area contributed by atoms with Gasteiger partial charge in [0.05, 0.1) is 25.4 Å². The second kappa shape index (κ2) is 3.83. The van der Waals surface area contributed by atoms with Crippen molar-refractivity contribution < 1.29 is 9.47 Å². The van der Waals surface area contributed by atoms with Crippen LogP contribution >= 0.6 is 0 Å². The SMILES string of the molecule is c1ccc(N(CC2CO2)CC2CO2)cc1. The van der Waals surface area contributed by atoms with Crippen LogP contribution in [-0.4, -0.2) is 38.5 Å². The molecule has 15 heavy (non-hydrogen) atoms. The highest BCUT2D eigenvalue weighted by molar-refractivity contribution is 5.46. The zero-order chi connectivity index (χ0) is 10.1. The minimum absolute atomic E-state index is 0.434. The Morgan fingerprint density at radius 3 is 2.00 bits per heavy atom. The first-order chi connectivity index (χ1) is 7.42. The standard InChI is InChI=1S/C12H15NO2/c1-2-4-10(5-3-1)13(6-11-8-14-11)7-12-9-15-12/h1-5,11-12H,6-9H2. The molecule has 2 saturated heterocycles. The number of ether oxygens (including phenoxy) is 2. The van der Waals surface area contributed by atoms with Crippen LogP contribution in [0.5, 0.6) is 0 Å². The normalized spacial score (nSPS) is 27.5. The molecular weight excluding hydrogens is 190 g/mol. The van der Waals surface area contributed by atoms with Gasteiger partial charge in [0.25, 0.3) is 0 Å². The maximum atomic E-state index is 5.28. The highest BCUT2D eigenvalue weighted by atomic mass is 16.6. The average molecular weight is 205 g/mol. The highest BCUT2D eigenvalue weighted by Gasteiger charge is 2.30. The van der Waals surface area contributed by atoms with Gasteiger partial charge in [-0.3, -0.25) is 0 Å². The number of benzene rings is 1. The Hall–Kier alpha value is -1.06. The lowest BCUT2D eigenvalue weighted by molar-refractivity contribution is 0.389. The lowest BCUT2D eigenvalue weighted by atomic mass is 10.2. The molecule has 0 saturated carbocycles. The molecular formula is C12H15NO2. The van der Waals surface area contributed by atoms with Crippen molar-refractivity contribution in [3.63, 3.8) is 0 Å². The Labute approximate surface area is 89.6 Å². The molecule has 0 amide bonds. The third kappa shape index (κ3) is 2.49. The molecule has 3 nitrogen and oxygen atoms in total. The van der Waals surface area contributed by atoms with Gasteiger partial charge in [0, 0.05) is 18.8 Å². The Morgan fingerprint density at radius 1 is 1.00 bits per heavy atom. The molecule has 0 aromatic heterocycles. The third-order valence-corrected chi connectivity index (χ3v) is 2.77. The predicted molar refractivity (Wildman–Crippen MR) is 58.1 cm³/mol. The van der Waals surface area contributed by atoms with Crippen molar-refractivity contribution >= 4 is 5.69 Å². The summed E-state index contributed by atoms with van der Waals surface area (Å²) in [6.45, 7) is 3.80. The minimum atomic E-state index is 0.434. The van der Waals surface area contributed by atoms with E-state index in [1.807, 2.05) is 6.07 Å². The van der Waals surface area contributed by atoms with Crippen LogP contribution < -0.4 is 4.90 Å². The van der Waals surface area contributed by atoms with E-state index in [0.29, 0.717) is 12.2 Å². The second-order valence-electron chi connectivity index (χ2n) is 4.15. The van der Waals surface area contributed by atoms with Crippen LogP contribution in [-0.2, 0) is 9.47 Å². The fraction of sp³-hybridized carbons (Fsp3) is 0.500. The predicted octanol–water partition coefficient (Wildman–Crippen LogP) is 1.29. The molecule has 2 unspecified atom stereocenters. The second-order valence-corrected chi connectivity index (χ2v) is 4.15. The lowest BCUT2D eigenvalue weighted by Crippen LogP contribution is -2.31. The summed E-state index contributed by atoms with van der Waals surface area (Å²) in [5.74, 6) is 0. The van der Waals surface area contributed by atoms with Crippen LogP contribution in [0.2, 0.25) is 0 Å². The van der Waals surface area contributed by atoms with Crippen molar-refractivity contribution in [1.82, 2.24) is 0 Å². The van der Waals surface area contributed by atoms with E-state index in [2.05, 4.69) is 29.2 Å². The first-order valence-electron chi connectivity index (χ1n) is 5.45. The maximum absolute atomic E-state index is 5.28. The Morgan fingerprint density at radius 2 is 1.53 bits per heavy atom. The molecule has 0 spiro atoms. The van der Waals surface area contributed by atoms with Crippen LogP contribution in [0.15, 0.2) is 30.3 Å². The number of hydrogen-bond donors (Lipinski definition) is 0. The third-order valence-electron chi connectivity index (χ3n) is 2.77. The van der Waals surface area contributed by atoms with Gasteiger partial charge in [0.1, 0.15) is 0 Å². The van der Waals surface area contributed by atoms with Crippen molar-refractivity contribution in [3.05, 3.63) is 30.3 Å². The summed E-state index contributed by atoms with van der Waals surface area (Å²) in [5, 5.41) is 0. The van der Waals surface area contributed by atoms with Gasteiger partial charge in [0.15, 0.2) is 0 Å². The topological polar surface area (TPSA) is 28.3 Å². The molecule has 80 valence electrons. The fourth-order valence-electron chi connectivity index (χ4n) is 1.76. The lowest BCUT2D eigenvalue weighted by Gasteiger charge is -2.23. The van der Waals surface area contributed by atoms with Crippen molar-refractivity contribution in [2.45, 2.75) is 12.2 Å². The van der Waals surface area contributed by atoms with Crippen molar-refractivity contribution in [2.75, 3.05) is 31.2 Å². The summed E-state index contributed by atoms with van der Waals surface area (Å²) in [4.78, 5) is 2.36. The van der Waals surface area contributed by atoms with Crippen molar-refractivity contribution in [1.29, 1.82) is 0 Å². The summed E-state index contributed by atoms with van der Waals surface area (Å²) >= 11 is 0. The molecule has 3 rings (SSSR count). The van der Waals surface area contributed by atoms with Crippen molar-refractivity contribution in [3.8, 4) is 0 Å². The molecule has 0 aliphatic carbocycles. The van der Waals surface area contributed by atoms with E-state index in [0.717, 1.165) is 26.3 Å². The van der Waals surface area contributed by atoms with E-state index in [-0.39, 0.29) is 0 Å². The molecule has 0 bridgehead atoms. The zero-order valence-corrected chi connectivity index (χ0v) is 8.63. The van der Waals surface area contributed by atoms with Gasteiger partial charge >= 0.3 is 0 Å². The first-order valence-corrected chi connectivity index (χ1v) is 5.45. The minimum Gasteiger partial charge on any atom is -0.371 e. The molecule has 2 aliphatic rings. The van der Waals surface area contributed by atoms with Gasteiger partial charge < -0.3 is 14.4 Å². The van der Waals surface area contributed by atoms with Gasteiger partial charge in [-0.2, -0.15) is 0 Å². The average Bonchev–Trinajstić information content (AvgIpc) is 3.13. The van der Waals surface area contributed by atoms with Crippen LogP contribution in [0, 0.1) is 0 Å². The fourth-order valence-corrected chi connectivity index (χ4v) is 1.76. The summed E-state index contributed by atoms with van der Waals surface area (Å²) in [5.41, 5.74) is 1.27. The molecule has 1 aromatic rings. The van der Waals surface area contributed by atoms with Gasteiger partial charge in [-0.15, -0.1) is 0 Å². The highest BCUT2D eigenvalue weighted by Crippen LogP contribution is 2.21. The summed E-state index contributed by atoms with van der Waals surface area (Å²) in [6, 6.07) is 10.5. The molecule has 2 heterocycles. The van der Waals surface area contributed by atoms with E-state index in [4.69, 9.17) is 9.47 Å². The Kier molecular flexibility index (Phi) is 2.35. The van der Waals surface area contributed by atoms with E-state index < -0.39 is 0 Å². The molecule has 2 fully saturated rings. The Balaban J connectivity index is 1.69. The van der Waals surface area contributed by atoms with Crippen LogP contribution in [0.1, 0.15) is 0 Å². The summed E-state index contributed by atoms with van der Waals surface area (Å²) in [7, 11) is 0. The largest absolute Gasteiger partial charge is 0.371 e. The van der Waals surface area contributed by atoms with Crippen LogP contribution in [0.4, 0.5) is 5.69 Å². The van der Waals surface area contributed by atoms with E-state index in [9.17, 15) is 0 Å². The number of rotatable bonds is 5. The smallest absolute Gasteiger partial charge is 0.0984 e. The van der Waals surface area contributed by atoms with E-state index >= 15 is 0 Å². The molecule has 3 heteroatoms. The number of epoxide rings is 2. The van der Waals surface area contributed by atoms with Gasteiger partial charge in [-0.25, -0.2) is 0 Å². The zero-order valence-electron chi connectivity index (χ0n) is 8.63. The van der Waals surface area contributed by atoms with Crippen LogP contribution in [0.25, 0.3) is 0 Å². The number of hydrogen-bond acceptors (Lipinski definition) is 3. The van der Waals surface area contributed by atoms with Gasteiger partial charge in [-0.05, 0) is 12.1 Å². The molecule has 0 radical (unpaired) electrons. The van der Waals surface area contributed by atoms with Crippen molar-refractivity contribution in [2.24, 2.45) is 0 Å². The monoisotopic (exact) mass is 205 g/mol. The van der Waals surface area contributed by atoms with Gasteiger partial charge in [-0.1, -0.05) is 18.2 Å². The summed E-state index contributed by atoms with van der Waals surface area (Å²) < 4.78 is 10.6. The van der Waals surface area contributed by atoms with Crippen LogP contribution in [0.3, 0.4) is 0 Å². The number of para-hydroxylation sites is 1. The molecule has 0 N–H and O–H groups in total. The Bertz CT molecular complexity index is 306. The van der Waals surface area contributed by atoms with E-state index in [1.54, 1.807) is 0 Å².